The fourth-order valence-corrected chi connectivity index (χ4v) is 5.63. The number of aromatic hydroxyl groups is 1. The van der Waals surface area contributed by atoms with Gasteiger partial charge in [-0.05, 0) is 74.5 Å². The van der Waals surface area contributed by atoms with Crippen LogP contribution in [0.3, 0.4) is 0 Å². The van der Waals surface area contributed by atoms with Crippen molar-refractivity contribution >= 4 is 29.4 Å². The second-order valence-corrected chi connectivity index (χ2v) is 9.88. The van der Waals surface area contributed by atoms with Gasteiger partial charge in [-0.25, -0.2) is 9.38 Å². The molecule has 37 heavy (non-hydrogen) atoms. The van der Waals surface area contributed by atoms with E-state index in [0.717, 1.165) is 52.8 Å². The molecule has 2 aliphatic heterocycles. The first-order chi connectivity index (χ1) is 18.0. The van der Waals surface area contributed by atoms with Crippen molar-refractivity contribution in [2.45, 2.75) is 25.7 Å². The molecule has 0 spiro atoms. The van der Waals surface area contributed by atoms with Gasteiger partial charge in [-0.15, -0.1) is 0 Å². The van der Waals surface area contributed by atoms with E-state index >= 15 is 0 Å². The van der Waals surface area contributed by atoms with Gasteiger partial charge in [0.2, 0.25) is 5.91 Å². The summed E-state index contributed by atoms with van der Waals surface area (Å²) in [5, 5.41) is 13.3. The number of halogens is 1. The first kappa shape index (κ1) is 23.5. The number of benzene rings is 1. The number of aromatic nitrogens is 2. The van der Waals surface area contributed by atoms with E-state index in [4.69, 9.17) is 0 Å². The molecule has 4 heterocycles. The van der Waals surface area contributed by atoms with Gasteiger partial charge in [0.1, 0.15) is 5.82 Å². The van der Waals surface area contributed by atoms with E-state index < -0.39 is 0 Å². The summed E-state index contributed by atoms with van der Waals surface area (Å²) >= 11 is 0. The number of carbonyl (C=O) groups excluding carboxylic acids is 1. The van der Waals surface area contributed by atoms with Crippen LogP contribution in [0.1, 0.15) is 31.2 Å². The van der Waals surface area contributed by atoms with Crippen LogP contribution < -0.4 is 20.8 Å². The number of carbonyl (C=O) groups is 1. The van der Waals surface area contributed by atoms with Gasteiger partial charge in [0.15, 0.2) is 5.88 Å². The average Bonchev–Trinajstić information content (AvgIpc) is 3.11. The Labute approximate surface area is 214 Å². The molecule has 2 aromatic heterocycles. The molecule has 0 saturated carbocycles. The maximum atomic E-state index is 13.6. The third kappa shape index (κ3) is 4.31. The zero-order valence-electron chi connectivity index (χ0n) is 20.9. The van der Waals surface area contributed by atoms with E-state index in [9.17, 15) is 14.3 Å². The highest BCUT2D eigenvalue weighted by Crippen LogP contribution is 2.31. The van der Waals surface area contributed by atoms with Gasteiger partial charge in [-0.3, -0.25) is 4.79 Å². The van der Waals surface area contributed by atoms with E-state index in [-0.39, 0.29) is 17.6 Å². The standard InChI is InChI=1S/C29H30FN5O2/c1-33-16-11-22(31-25(36)13-17-34-14-3-2-4-15-34)21-9-10-24-26-23(32-29(37)27(26)28(21)33)12-18-35(24)20-7-5-19(30)6-8-20/h5-12,16,32,37H,2-4,13-15,17-18H2,1H3. The summed E-state index contributed by atoms with van der Waals surface area (Å²) in [7, 11) is 1.92. The lowest BCUT2D eigenvalue weighted by Gasteiger charge is -2.26. The third-order valence-corrected chi connectivity index (χ3v) is 7.49. The van der Waals surface area contributed by atoms with Gasteiger partial charge in [-0.1, -0.05) is 6.42 Å². The number of nitrogens with one attached hydrogen (secondary N) is 1. The van der Waals surface area contributed by atoms with E-state index in [1.54, 1.807) is 12.1 Å². The van der Waals surface area contributed by atoms with Gasteiger partial charge in [-0.2, -0.15) is 0 Å². The molecule has 0 atom stereocenters. The number of rotatable bonds is 4. The molecular formula is C29H30FN5O2. The maximum absolute atomic E-state index is 13.6. The number of likely N-dealkylation sites (tertiary alicyclic amines) is 1. The third-order valence-electron chi connectivity index (χ3n) is 7.49. The van der Waals surface area contributed by atoms with Gasteiger partial charge in [0, 0.05) is 54.6 Å². The lowest BCUT2D eigenvalue weighted by atomic mass is 10.1. The van der Waals surface area contributed by atoms with Crippen LogP contribution in [0.4, 0.5) is 10.1 Å². The number of aryl methyl sites for hydroxylation is 1. The lowest BCUT2D eigenvalue weighted by molar-refractivity contribution is -0.118. The van der Waals surface area contributed by atoms with E-state index in [1.165, 1.54) is 31.4 Å². The van der Waals surface area contributed by atoms with Crippen molar-refractivity contribution in [1.82, 2.24) is 14.5 Å². The second kappa shape index (κ2) is 9.52. The SMILES string of the molecule is Cn1ccc(=NC(=O)CCN2CCCCC2)c2c1-c1c(O)[nH]c3c1=C(C=C2)N(c1ccc(F)cc1)CC=3. The van der Waals surface area contributed by atoms with Crippen LogP contribution in [0, 0.1) is 5.82 Å². The van der Waals surface area contributed by atoms with Gasteiger partial charge >= 0.3 is 0 Å². The quantitative estimate of drug-likeness (QED) is 0.579. The maximum Gasteiger partial charge on any atom is 0.247 e. The molecule has 0 unspecified atom stereocenters. The topological polar surface area (TPSA) is 76.9 Å². The van der Waals surface area contributed by atoms with Crippen molar-refractivity contribution in [2.75, 3.05) is 31.1 Å². The Morgan fingerprint density at radius 1 is 1.11 bits per heavy atom. The molecule has 190 valence electrons. The van der Waals surface area contributed by atoms with Crippen LogP contribution in [0.2, 0.25) is 0 Å². The summed E-state index contributed by atoms with van der Waals surface area (Å²) in [4.78, 5) is 24.9. The van der Waals surface area contributed by atoms with Crippen molar-refractivity contribution in [3.63, 3.8) is 0 Å². The van der Waals surface area contributed by atoms with E-state index in [1.807, 2.05) is 42.1 Å². The minimum atomic E-state index is -0.289. The first-order valence-corrected chi connectivity index (χ1v) is 12.9. The highest BCUT2D eigenvalue weighted by Gasteiger charge is 2.26. The Bertz CT molecular complexity index is 1590. The number of pyridine rings is 1. The summed E-state index contributed by atoms with van der Waals surface area (Å²) < 4.78 is 15.6. The average molecular weight is 500 g/mol. The fourth-order valence-electron chi connectivity index (χ4n) is 5.63. The molecule has 8 heteroatoms. The molecule has 0 bridgehead atoms. The Morgan fingerprint density at radius 2 is 1.89 bits per heavy atom. The first-order valence-electron chi connectivity index (χ1n) is 12.9. The van der Waals surface area contributed by atoms with Crippen LogP contribution >= 0.6 is 0 Å². The van der Waals surface area contributed by atoms with Gasteiger partial charge < -0.3 is 24.5 Å². The number of piperidine rings is 1. The summed E-state index contributed by atoms with van der Waals surface area (Å²) in [6, 6.07) is 8.24. The van der Waals surface area contributed by atoms with Crippen molar-refractivity contribution < 1.29 is 14.3 Å². The molecule has 6 rings (SSSR count). The summed E-state index contributed by atoms with van der Waals surface area (Å²) in [5.74, 6) is -0.371. The molecular weight excluding hydrogens is 469 g/mol. The minimum absolute atomic E-state index is 0.0637. The summed E-state index contributed by atoms with van der Waals surface area (Å²) in [6.45, 7) is 3.38. The zero-order valence-corrected chi connectivity index (χ0v) is 20.9. The van der Waals surface area contributed by atoms with Crippen molar-refractivity contribution in [1.29, 1.82) is 0 Å². The number of amides is 1. The molecule has 2 N–H and O–H groups in total. The highest BCUT2D eigenvalue weighted by molar-refractivity contribution is 5.90. The monoisotopic (exact) mass is 499 g/mol. The van der Waals surface area contributed by atoms with Crippen LogP contribution in [0.25, 0.3) is 29.1 Å². The molecule has 1 fully saturated rings. The van der Waals surface area contributed by atoms with Gasteiger partial charge in [0.25, 0.3) is 0 Å². The summed E-state index contributed by atoms with van der Waals surface area (Å²) in [6.07, 6.45) is 11.9. The number of H-pyrrole nitrogens is 1. The predicted molar refractivity (Wildman–Crippen MR) is 142 cm³/mol. The van der Waals surface area contributed by atoms with Crippen molar-refractivity contribution in [3.8, 4) is 17.1 Å². The Morgan fingerprint density at radius 3 is 2.68 bits per heavy atom. The Hall–Kier alpha value is -3.91. The van der Waals surface area contributed by atoms with Crippen molar-refractivity contribution in [2.24, 2.45) is 12.0 Å². The smallest absolute Gasteiger partial charge is 0.247 e. The molecule has 3 aromatic rings. The Balaban J connectivity index is 1.44. The lowest BCUT2D eigenvalue weighted by Crippen LogP contribution is -2.39. The molecule has 1 saturated heterocycles. The molecule has 3 aliphatic rings. The number of hydrogen-bond acceptors (Lipinski definition) is 4. The molecule has 1 aliphatic carbocycles. The minimum Gasteiger partial charge on any atom is -0.494 e. The molecule has 0 radical (unpaired) electrons. The normalized spacial score (nSPS) is 17.3. The fraction of sp³-hybridized carbons (Fsp3) is 0.310. The summed E-state index contributed by atoms with van der Waals surface area (Å²) in [5.41, 5.74) is 3.94. The van der Waals surface area contributed by atoms with Crippen LogP contribution in [-0.4, -0.2) is 51.6 Å². The van der Waals surface area contributed by atoms with Gasteiger partial charge in [0.05, 0.1) is 22.3 Å². The number of hydrogen-bond donors (Lipinski definition) is 2. The Kier molecular flexibility index (Phi) is 6.04. The number of anilines is 1. The highest BCUT2D eigenvalue weighted by atomic mass is 19.1. The second-order valence-electron chi connectivity index (χ2n) is 9.88. The molecule has 1 aromatic carbocycles. The number of nitrogens with zero attached hydrogens (tertiary/aromatic N) is 4. The zero-order chi connectivity index (χ0) is 25.5. The van der Waals surface area contributed by atoms with E-state index in [0.29, 0.717) is 23.9 Å². The van der Waals surface area contributed by atoms with Crippen LogP contribution in [0.5, 0.6) is 5.88 Å². The number of fused-ring (bicyclic) bond motifs is 2. The number of aromatic amines is 1. The van der Waals surface area contributed by atoms with E-state index in [2.05, 4.69) is 19.8 Å². The molecule has 1 amide bonds. The molecule has 7 nitrogen and oxygen atoms in total. The predicted octanol–water partition coefficient (Wildman–Crippen LogP) is 2.60. The largest absolute Gasteiger partial charge is 0.494 e. The van der Waals surface area contributed by atoms with Crippen LogP contribution in [-0.2, 0) is 11.8 Å². The van der Waals surface area contributed by atoms with Crippen molar-refractivity contribution in [3.05, 3.63) is 69.9 Å². The van der Waals surface area contributed by atoms with Crippen LogP contribution in [0.15, 0.2) is 47.6 Å².